The van der Waals surface area contributed by atoms with E-state index in [0.29, 0.717) is 0 Å². The van der Waals surface area contributed by atoms with Crippen molar-refractivity contribution in [1.82, 2.24) is 9.78 Å². The number of nitrogens with two attached hydrogens (primary N) is 1. The second-order valence-corrected chi connectivity index (χ2v) is 6.13. The Labute approximate surface area is 106 Å². The van der Waals surface area contributed by atoms with Gasteiger partial charge in [0.05, 0.1) is 8.58 Å². The van der Waals surface area contributed by atoms with E-state index < -0.39 is 0 Å². The fourth-order valence-corrected chi connectivity index (χ4v) is 2.93. The number of nitrogens with zero attached hydrogens (tertiary/aromatic N) is 2. The molecule has 0 aliphatic heterocycles. The lowest BCUT2D eigenvalue weighted by molar-refractivity contribution is 0.782. The van der Waals surface area contributed by atoms with Crippen LogP contribution in [0.25, 0.3) is 11.3 Å². The molecule has 0 unspecified atom stereocenters. The molecule has 15 heavy (non-hydrogen) atoms. The fourth-order valence-electron chi connectivity index (χ4n) is 1.60. The first-order valence-electron chi connectivity index (χ1n) is 4.69. The molecule has 0 atom stereocenters. The SMILES string of the molecule is CCc1c(-c2csc(I)c2)nn(C)c1N. The third kappa shape index (κ3) is 1.90. The summed E-state index contributed by atoms with van der Waals surface area (Å²) in [6, 6.07) is 2.14. The minimum absolute atomic E-state index is 0.772. The van der Waals surface area contributed by atoms with Crippen LogP contribution in [-0.4, -0.2) is 9.78 Å². The molecule has 3 nitrogen and oxygen atoms in total. The number of aryl methyl sites for hydroxylation is 1. The van der Waals surface area contributed by atoms with Gasteiger partial charge in [-0.2, -0.15) is 5.10 Å². The first kappa shape index (κ1) is 10.9. The van der Waals surface area contributed by atoms with E-state index in [0.717, 1.165) is 23.5 Å². The van der Waals surface area contributed by atoms with Crippen molar-refractivity contribution in [1.29, 1.82) is 0 Å². The quantitative estimate of drug-likeness (QED) is 0.859. The second-order valence-electron chi connectivity index (χ2n) is 3.33. The normalized spacial score (nSPS) is 10.9. The molecule has 2 rings (SSSR count). The van der Waals surface area contributed by atoms with Gasteiger partial charge in [-0.15, -0.1) is 11.3 Å². The molecule has 0 bridgehead atoms. The lowest BCUT2D eigenvalue weighted by Crippen LogP contribution is -1.98. The molecular formula is C10H12IN3S. The van der Waals surface area contributed by atoms with Crippen molar-refractivity contribution in [3.8, 4) is 11.3 Å². The monoisotopic (exact) mass is 333 g/mol. The van der Waals surface area contributed by atoms with Gasteiger partial charge in [-0.05, 0) is 35.1 Å². The van der Waals surface area contributed by atoms with Crippen molar-refractivity contribution < 1.29 is 0 Å². The first-order valence-corrected chi connectivity index (χ1v) is 6.65. The summed E-state index contributed by atoms with van der Waals surface area (Å²) in [5.41, 5.74) is 9.30. The van der Waals surface area contributed by atoms with Gasteiger partial charge in [-0.25, -0.2) is 0 Å². The summed E-state index contributed by atoms with van der Waals surface area (Å²) >= 11 is 4.05. The molecule has 5 heteroatoms. The summed E-state index contributed by atoms with van der Waals surface area (Å²) in [6.07, 6.45) is 0.918. The molecule has 0 aliphatic rings. The number of thiophene rings is 1. The van der Waals surface area contributed by atoms with E-state index in [9.17, 15) is 0 Å². The maximum Gasteiger partial charge on any atom is 0.125 e. The van der Waals surface area contributed by atoms with Gasteiger partial charge in [0.15, 0.2) is 0 Å². The highest BCUT2D eigenvalue weighted by Gasteiger charge is 2.14. The van der Waals surface area contributed by atoms with Gasteiger partial charge in [0.1, 0.15) is 5.82 Å². The third-order valence-electron chi connectivity index (χ3n) is 2.39. The molecule has 0 saturated carbocycles. The molecular weight excluding hydrogens is 321 g/mol. The van der Waals surface area contributed by atoms with Crippen LogP contribution in [0.3, 0.4) is 0 Å². The average molecular weight is 333 g/mol. The largest absolute Gasteiger partial charge is 0.384 e. The van der Waals surface area contributed by atoms with Crippen LogP contribution >= 0.6 is 33.9 Å². The van der Waals surface area contributed by atoms with E-state index in [4.69, 9.17) is 5.73 Å². The summed E-state index contributed by atoms with van der Waals surface area (Å²) in [7, 11) is 1.88. The van der Waals surface area contributed by atoms with Crippen molar-refractivity contribution in [2.75, 3.05) is 5.73 Å². The molecule has 0 amide bonds. The maximum absolute atomic E-state index is 5.96. The Balaban J connectivity index is 2.57. The minimum atomic E-state index is 0.772. The van der Waals surface area contributed by atoms with Crippen molar-refractivity contribution in [2.45, 2.75) is 13.3 Å². The highest BCUT2D eigenvalue weighted by atomic mass is 127. The number of aromatic nitrogens is 2. The lowest BCUT2D eigenvalue weighted by Gasteiger charge is -1.97. The fraction of sp³-hybridized carbons (Fsp3) is 0.300. The molecule has 2 aromatic rings. The highest BCUT2D eigenvalue weighted by Crippen LogP contribution is 2.30. The Morgan fingerprint density at radius 2 is 2.33 bits per heavy atom. The molecule has 80 valence electrons. The molecule has 2 N–H and O–H groups in total. The smallest absolute Gasteiger partial charge is 0.125 e. The van der Waals surface area contributed by atoms with Gasteiger partial charge in [-0.1, -0.05) is 6.92 Å². The van der Waals surface area contributed by atoms with Crippen LogP contribution in [0.5, 0.6) is 0 Å². The molecule has 0 radical (unpaired) electrons. The van der Waals surface area contributed by atoms with E-state index in [1.807, 2.05) is 7.05 Å². The first-order chi connectivity index (χ1) is 7.13. The summed E-state index contributed by atoms with van der Waals surface area (Å²) in [6.45, 7) is 2.11. The summed E-state index contributed by atoms with van der Waals surface area (Å²) in [5, 5.41) is 6.59. The second kappa shape index (κ2) is 4.13. The lowest BCUT2D eigenvalue weighted by atomic mass is 10.1. The molecule has 2 aromatic heterocycles. The predicted molar refractivity (Wildman–Crippen MR) is 73.0 cm³/mol. The zero-order chi connectivity index (χ0) is 11.0. The molecule has 0 aromatic carbocycles. The Morgan fingerprint density at radius 1 is 1.60 bits per heavy atom. The van der Waals surface area contributed by atoms with Crippen LogP contribution in [0.4, 0.5) is 5.82 Å². The van der Waals surface area contributed by atoms with Crippen LogP contribution < -0.4 is 5.73 Å². The highest BCUT2D eigenvalue weighted by molar-refractivity contribution is 14.1. The van der Waals surface area contributed by atoms with Crippen molar-refractivity contribution >= 4 is 39.7 Å². The van der Waals surface area contributed by atoms with Crippen LogP contribution in [0, 0.1) is 2.88 Å². The van der Waals surface area contributed by atoms with Crippen LogP contribution in [0.15, 0.2) is 11.4 Å². The Hall–Kier alpha value is -0.560. The summed E-state index contributed by atoms with van der Waals surface area (Å²) in [5.74, 6) is 0.772. The van der Waals surface area contributed by atoms with Gasteiger partial charge >= 0.3 is 0 Å². The van der Waals surface area contributed by atoms with E-state index in [1.165, 1.54) is 8.45 Å². The Morgan fingerprint density at radius 3 is 2.87 bits per heavy atom. The Bertz CT molecular complexity index is 487. The van der Waals surface area contributed by atoms with Gasteiger partial charge in [0.2, 0.25) is 0 Å². The van der Waals surface area contributed by atoms with Crippen LogP contribution in [0.1, 0.15) is 12.5 Å². The van der Waals surface area contributed by atoms with E-state index in [2.05, 4.69) is 46.1 Å². The number of halogens is 1. The number of nitrogen functional groups attached to an aromatic ring is 1. The number of anilines is 1. The van der Waals surface area contributed by atoms with E-state index in [1.54, 1.807) is 16.0 Å². The van der Waals surface area contributed by atoms with Gasteiger partial charge < -0.3 is 5.73 Å². The zero-order valence-corrected chi connectivity index (χ0v) is 11.6. The van der Waals surface area contributed by atoms with Gasteiger partial charge in [0.25, 0.3) is 0 Å². The van der Waals surface area contributed by atoms with Crippen LogP contribution in [-0.2, 0) is 13.5 Å². The number of rotatable bonds is 2. The van der Waals surface area contributed by atoms with Crippen molar-refractivity contribution in [2.24, 2.45) is 7.05 Å². The number of hydrogen-bond acceptors (Lipinski definition) is 3. The molecule has 0 saturated heterocycles. The summed E-state index contributed by atoms with van der Waals surface area (Å²) < 4.78 is 3.02. The van der Waals surface area contributed by atoms with E-state index in [-0.39, 0.29) is 0 Å². The standard InChI is InChI=1S/C10H12IN3S/c1-3-7-9(13-14(2)10(7)12)6-4-8(11)15-5-6/h4-5H,3,12H2,1-2H3. The Kier molecular flexibility index (Phi) is 3.01. The minimum Gasteiger partial charge on any atom is -0.384 e. The summed E-state index contributed by atoms with van der Waals surface area (Å²) in [4.78, 5) is 0. The van der Waals surface area contributed by atoms with Crippen molar-refractivity contribution in [3.05, 3.63) is 19.9 Å². The zero-order valence-electron chi connectivity index (χ0n) is 8.62. The molecule has 0 fully saturated rings. The maximum atomic E-state index is 5.96. The number of hydrogen-bond donors (Lipinski definition) is 1. The van der Waals surface area contributed by atoms with Gasteiger partial charge in [0, 0.05) is 23.6 Å². The van der Waals surface area contributed by atoms with Crippen LogP contribution in [0.2, 0.25) is 0 Å². The molecule has 0 spiro atoms. The third-order valence-corrected chi connectivity index (χ3v) is 4.18. The topological polar surface area (TPSA) is 43.8 Å². The van der Waals surface area contributed by atoms with Crippen molar-refractivity contribution in [3.63, 3.8) is 0 Å². The molecule has 0 aliphatic carbocycles. The van der Waals surface area contributed by atoms with Gasteiger partial charge in [-0.3, -0.25) is 4.68 Å². The van der Waals surface area contributed by atoms with E-state index >= 15 is 0 Å². The molecule has 2 heterocycles. The average Bonchev–Trinajstić information content (AvgIpc) is 2.73. The predicted octanol–water partition coefficient (Wildman–Crippen LogP) is 2.90.